The van der Waals surface area contributed by atoms with Gasteiger partial charge in [0.1, 0.15) is 0 Å². The first-order valence-corrected chi connectivity index (χ1v) is 9.22. The fourth-order valence-electron chi connectivity index (χ4n) is 3.43. The number of carbonyl (C=O) groups excluding carboxylic acids is 1. The van der Waals surface area contributed by atoms with E-state index in [1.165, 1.54) is 6.42 Å². The molecule has 6 heteroatoms. The minimum absolute atomic E-state index is 0.0813. The number of benzene rings is 1. The summed E-state index contributed by atoms with van der Waals surface area (Å²) in [6.07, 6.45) is 5.01. The zero-order valence-corrected chi connectivity index (χ0v) is 15.6. The van der Waals surface area contributed by atoms with Crippen LogP contribution >= 0.6 is 11.6 Å². The normalized spacial score (nSPS) is 15.6. The van der Waals surface area contributed by atoms with Crippen LogP contribution in [0.15, 0.2) is 30.5 Å². The van der Waals surface area contributed by atoms with E-state index in [0.29, 0.717) is 16.5 Å². The highest BCUT2D eigenvalue weighted by molar-refractivity contribution is 6.30. The summed E-state index contributed by atoms with van der Waals surface area (Å²) < 4.78 is 1.78. The van der Waals surface area contributed by atoms with Crippen LogP contribution in [0.4, 0.5) is 0 Å². The van der Waals surface area contributed by atoms with Crippen LogP contribution in [-0.4, -0.2) is 47.3 Å². The predicted octanol–water partition coefficient (Wildman–Crippen LogP) is 3.30. The Morgan fingerprint density at radius 1 is 1.36 bits per heavy atom. The van der Waals surface area contributed by atoms with E-state index in [1.54, 1.807) is 10.9 Å². The molecular formula is C19H25ClN4O. The lowest BCUT2D eigenvalue weighted by atomic mass is 9.93. The second-order valence-electron chi connectivity index (χ2n) is 6.66. The standard InChI is InChI=1S/C19H25ClN4O/c1-14-18(13-22-24(14)17-5-3-4-16(20)12-17)19(25)23-10-7-15(8-11-23)6-9-21-2/h3-5,12-13,15,21H,6-11H2,1-2H3. The van der Waals surface area contributed by atoms with E-state index >= 15 is 0 Å². The third kappa shape index (κ3) is 4.05. The molecule has 1 saturated heterocycles. The first-order valence-electron chi connectivity index (χ1n) is 8.84. The van der Waals surface area contributed by atoms with Crippen LogP contribution in [0.5, 0.6) is 0 Å². The molecule has 0 aliphatic carbocycles. The number of hydrogen-bond acceptors (Lipinski definition) is 3. The molecule has 134 valence electrons. The Balaban J connectivity index is 1.70. The Hall–Kier alpha value is -1.85. The molecule has 1 N–H and O–H groups in total. The number of aromatic nitrogens is 2. The summed E-state index contributed by atoms with van der Waals surface area (Å²) in [5.41, 5.74) is 2.40. The highest BCUT2D eigenvalue weighted by Crippen LogP contribution is 2.23. The summed E-state index contributed by atoms with van der Waals surface area (Å²) in [6, 6.07) is 7.50. The minimum atomic E-state index is 0.0813. The summed E-state index contributed by atoms with van der Waals surface area (Å²) in [6.45, 7) is 4.63. The van der Waals surface area contributed by atoms with Crippen LogP contribution in [0, 0.1) is 12.8 Å². The summed E-state index contributed by atoms with van der Waals surface area (Å²) in [5.74, 6) is 0.796. The Bertz CT molecular complexity index is 735. The fourth-order valence-corrected chi connectivity index (χ4v) is 3.62. The van der Waals surface area contributed by atoms with Crippen molar-refractivity contribution >= 4 is 17.5 Å². The number of nitrogens with zero attached hydrogens (tertiary/aromatic N) is 3. The van der Waals surface area contributed by atoms with Crippen molar-refractivity contribution in [1.29, 1.82) is 0 Å². The third-order valence-electron chi connectivity index (χ3n) is 5.00. The van der Waals surface area contributed by atoms with Gasteiger partial charge in [-0.2, -0.15) is 5.10 Å². The van der Waals surface area contributed by atoms with Crippen molar-refractivity contribution in [3.8, 4) is 5.69 Å². The Morgan fingerprint density at radius 2 is 2.12 bits per heavy atom. The zero-order chi connectivity index (χ0) is 17.8. The van der Waals surface area contributed by atoms with Gasteiger partial charge in [-0.25, -0.2) is 4.68 Å². The smallest absolute Gasteiger partial charge is 0.257 e. The van der Waals surface area contributed by atoms with E-state index < -0.39 is 0 Å². The van der Waals surface area contributed by atoms with Crippen molar-refractivity contribution in [1.82, 2.24) is 20.0 Å². The molecule has 0 saturated carbocycles. The van der Waals surface area contributed by atoms with Gasteiger partial charge in [-0.1, -0.05) is 17.7 Å². The molecule has 1 aliphatic heterocycles. The zero-order valence-electron chi connectivity index (χ0n) is 14.8. The highest BCUT2D eigenvalue weighted by Gasteiger charge is 2.25. The van der Waals surface area contributed by atoms with Gasteiger partial charge in [0.2, 0.25) is 0 Å². The highest BCUT2D eigenvalue weighted by atomic mass is 35.5. The van der Waals surface area contributed by atoms with Crippen molar-refractivity contribution in [2.24, 2.45) is 5.92 Å². The molecule has 25 heavy (non-hydrogen) atoms. The van der Waals surface area contributed by atoms with Crippen LogP contribution in [-0.2, 0) is 0 Å². The van der Waals surface area contributed by atoms with Crippen LogP contribution in [0.2, 0.25) is 5.02 Å². The molecular weight excluding hydrogens is 336 g/mol. The summed E-state index contributed by atoms with van der Waals surface area (Å²) in [4.78, 5) is 14.8. The molecule has 1 amide bonds. The van der Waals surface area contributed by atoms with E-state index in [-0.39, 0.29) is 5.91 Å². The number of nitrogens with one attached hydrogen (secondary N) is 1. The van der Waals surface area contributed by atoms with Crippen LogP contribution in [0.25, 0.3) is 5.69 Å². The topological polar surface area (TPSA) is 50.2 Å². The summed E-state index contributed by atoms with van der Waals surface area (Å²) in [7, 11) is 1.99. The number of hydrogen-bond donors (Lipinski definition) is 1. The SMILES string of the molecule is CNCCC1CCN(C(=O)c2cnn(-c3cccc(Cl)c3)c2C)CC1. The molecule has 0 spiro atoms. The number of carbonyl (C=O) groups is 1. The molecule has 1 aromatic heterocycles. The van der Waals surface area contributed by atoms with Gasteiger partial charge in [-0.3, -0.25) is 4.79 Å². The average molecular weight is 361 g/mol. The Morgan fingerprint density at radius 3 is 2.80 bits per heavy atom. The third-order valence-corrected chi connectivity index (χ3v) is 5.23. The lowest BCUT2D eigenvalue weighted by molar-refractivity contribution is 0.0686. The molecule has 0 radical (unpaired) electrons. The Kier molecular flexibility index (Phi) is 5.76. The van der Waals surface area contributed by atoms with E-state index in [2.05, 4.69) is 10.4 Å². The van der Waals surface area contributed by atoms with Gasteiger partial charge < -0.3 is 10.2 Å². The molecule has 2 heterocycles. The number of likely N-dealkylation sites (tertiary alicyclic amines) is 1. The van der Waals surface area contributed by atoms with E-state index in [1.807, 2.05) is 43.1 Å². The maximum absolute atomic E-state index is 12.9. The van der Waals surface area contributed by atoms with E-state index in [4.69, 9.17) is 11.6 Å². The maximum atomic E-state index is 12.9. The van der Waals surface area contributed by atoms with Gasteiger partial charge in [0.15, 0.2) is 0 Å². The van der Waals surface area contributed by atoms with Crippen LogP contribution < -0.4 is 5.32 Å². The maximum Gasteiger partial charge on any atom is 0.257 e. The lowest BCUT2D eigenvalue weighted by Gasteiger charge is -2.32. The fraction of sp³-hybridized carbons (Fsp3) is 0.474. The predicted molar refractivity (Wildman–Crippen MR) is 100 cm³/mol. The molecule has 5 nitrogen and oxygen atoms in total. The molecule has 1 aromatic carbocycles. The number of amides is 1. The van der Waals surface area contributed by atoms with Crippen LogP contribution in [0.1, 0.15) is 35.3 Å². The van der Waals surface area contributed by atoms with Gasteiger partial charge >= 0.3 is 0 Å². The van der Waals surface area contributed by atoms with Crippen molar-refractivity contribution in [2.45, 2.75) is 26.2 Å². The molecule has 2 aromatic rings. The largest absolute Gasteiger partial charge is 0.339 e. The van der Waals surface area contributed by atoms with E-state index in [0.717, 1.165) is 43.9 Å². The van der Waals surface area contributed by atoms with Crippen LogP contribution in [0.3, 0.4) is 0 Å². The quantitative estimate of drug-likeness (QED) is 0.890. The monoisotopic (exact) mass is 360 g/mol. The lowest BCUT2D eigenvalue weighted by Crippen LogP contribution is -2.39. The summed E-state index contributed by atoms with van der Waals surface area (Å²) >= 11 is 6.07. The van der Waals surface area contributed by atoms with Gasteiger partial charge in [0, 0.05) is 18.1 Å². The first-order chi connectivity index (χ1) is 12.1. The van der Waals surface area contributed by atoms with Gasteiger partial charge in [-0.15, -0.1) is 0 Å². The first kappa shape index (κ1) is 18.0. The average Bonchev–Trinajstić information content (AvgIpc) is 3.01. The van der Waals surface area contributed by atoms with E-state index in [9.17, 15) is 4.79 Å². The molecule has 3 rings (SSSR count). The Labute approximate surface area is 154 Å². The second kappa shape index (κ2) is 8.02. The summed E-state index contributed by atoms with van der Waals surface area (Å²) in [5, 5.41) is 8.26. The molecule has 0 atom stereocenters. The number of halogens is 1. The van der Waals surface area contributed by atoms with Crippen molar-refractivity contribution in [2.75, 3.05) is 26.7 Å². The molecule has 1 aliphatic rings. The van der Waals surface area contributed by atoms with Crippen molar-refractivity contribution in [3.63, 3.8) is 0 Å². The minimum Gasteiger partial charge on any atom is -0.339 e. The van der Waals surface area contributed by atoms with Crippen molar-refractivity contribution < 1.29 is 4.79 Å². The number of rotatable bonds is 5. The van der Waals surface area contributed by atoms with Crippen molar-refractivity contribution in [3.05, 3.63) is 46.7 Å². The second-order valence-corrected chi connectivity index (χ2v) is 7.10. The van der Waals surface area contributed by atoms with Gasteiger partial charge in [-0.05, 0) is 63.9 Å². The van der Waals surface area contributed by atoms with Gasteiger partial charge in [0.05, 0.1) is 23.1 Å². The number of piperidine rings is 1. The molecule has 0 unspecified atom stereocenters. The molecule has 0 bridgehead atoms. The van der Waals surface area contributed by atoms with Gasteiger partial charge in [0.25, 0.3) is 5.91 Å². The molecule has 1 fully saturated rings.